The van der Waals surface area contributed by atoms with Gasteiger partial charge in [-0.25, -0.2) is 17.9 Å². The highest BCUT2D eigenvalue weighted by Gasteiger charge is 2.19. The minimum absolute atomic E-state index is 0.00109. The first-order valence-electron chi connectivity index (χ1n) is 8.25. The molecule has 0 fully saturated rings. The Morgan fingerprint density at radius 2 is 2.00 bits per heavy atom. The fraction of sp³-hybridized carbons (Fsp3) is 0.278. The number of esters is 1. The molecule has 0 spiro atoms. The monoisotopic (exact) mass is 411 g/mol. The topological polar surface area (TPSA) is 90.9 Å². The standard InChI is InChI=1S/C18H18ClNO6S/c1-2-20-27(22,23)14-5-3-4-13(10-14)18(21)26-11-12-8-15(19)17-16(9-12)24-6-7-25-17/h3-5,8-10,20H,2,6-7,11H2,1H3. The van der Waals surface area contributed by atoms with Crippen LogP contribution in [0, 0.1) is 0 Å². The van der Waals surface area contributed by atoms with Crippen LogP contribution in [0.2, 0.25) is 5.02 Å². The van der Waals surface area contributed by atoms with E-state index in [0.29, 0.717) is 35.3 Å². The number of halogens is 1. The summed E-state index contributed by atoms with van der Waals surface area (Å²) < 4.78 is 42.7. The molecule has 1 aliphatic heterocycles. The Balaban J connectivity index is 1.72. The van der Waals surface area contributed by atoms with Gasteiger partial charge in [0.2, 0.25) is 10.0 Å². The maximum atomic E-state index is 12.3. The van der Waals surface area contributed by atoms with E-state index in [0.717, 1.165) is 0 Å². The van der Waals surface area contributed by atoms with Crippen LogP contribution in [0.25, 0.3) is 0 Å². The van der Waals surface area contributed by atoms with Gasteiger partial charge < -0.3 is 14.2 Å². The Morgan fingerprint density at radius 3 is 2.78 bits per heavy atom. The molecule has 0 saturated heterocycles. The lowest BCUT2D eigenvalue weighted by Gasteiger charge is -2.20. The number of sulfonamides is 1. The third-order valence-corrected chi connectivity index (χ3v) is 5.56. The molecule has 2 aromatic carbocycles. The van der Waals surface area contributed by atoms with Crippen molar-refractivity contribution >= 4 is 27.6 Å². The van der Waals surface area contributed by atoms with Crippen LogP contribution in [-0.2, 0) is 21.4 Å². The van der Waals surface area contributed by atoms with E-state index in [4.69, 9.17) is 25.8 Å². The molecule has 9 heteroatoms. The maximum absolute atomic E-state index is 12.3. The van der Waals surface area contributed by atoms with Crippen molar-refractivity contribution in [3.05, 3.63) is 52.5 Å². The van der Waals surface area contributed by atoms with Crippen LogP contribution < -0.4 is 14.2 Å². The number of hydrogen-bond acceptors (Lipinski definition) is 6. The molecule has 0 atom stereocenters. The van der Waals surface area contributed by atoms with Crippen LogP contribution in [0.3, 0.4) is 0 Å². The average molecular weight is 412 g/mol. The summed E-state index contributed by atoms with van der Waals surface area (Å²) in [5, 5.41) is 0.372. The molecule has 0 aliphatic carbocycles. The zero-order valence-electron chi connectivity index (χ0n) is 14.5. The molecule has 144 valence electrons. The normalized spacial score (nSPS) is 13.3. The van der Waals surface area contributed by atoms with Gasteiger partial charge in [0.25, 0.3) is 0 Å². The van der Waals surface area contributed by atoms with E-state index in [1.54, 1.807) is 19.1 Å². The van der Waals surface area contributed by atoms with Crippen molar-refractivity contribution in [2.75, 3.05) is 19.8 Å². The van der Waals surface area contributed by atoms with Gasteiger partial charge in [0.15, 0.2) is 11.5 Å². The van der Waals surface area contributed by atoms with E-state index in [2.05, 4.69) is 4.72 Å². The molecule has 0 bridgehead atoms. The Hall–Kier alpha value is -2.29. The zero-order valence-corrected chi connectivity index (χ0v) is 16.1. The van der Waals surface area contributed by atoms with Crippen LogP contribution in [0.1, 0.15) is 22.8 Å². The minimum Gasteiger partial charge on any atom is -0.486 e. The highest BCUT2D eigenvalue weighted by molar-refractivity contribution is 7.89. The summed E-state index contributed by atoms with van der Waals surface area (Å²) in [7, 11) is -3.66. The molecular weight excluding hydrogens is 394 g/mol. The summed E-state index contributed by atoms with van der Waals surface area (Å²) >= 11 is 6.16. The number of nitrogens with one attached hydrogen (secondary N) is 1. The molecule has 0 radical (unpaired) electrons. The van der Waals surface area contributed by atoms with Crippen molar-refractivity contribution < 1.29 is 27.4 Å². The molecule has 3 rings (SSSR count). The molecule has 1 heterocycles. The Kier molecular flexibility index (Phi) is 5.88. The molecule has 0 aromatic heterocycles. The van der Waals surface area contributed by atoms with Gasteiger partial charge in [-0.15, -0.1) is 0 Å². The first kappa shape index (κ1) is 19.5. The van der Waals surface area contributed by atoms with E-state index in [1.807, 2.05) is 0 Å². The lowest BCUT2D eigenvalue weighted by molar-refractivity contribution is 0.0471. The fourth-order valence-corrected chi connectivity index (χ4v) is 3.92. The molecule has 7 nitrogen and oxygen atoms in total. The first-order valence-corrected chi connectivity index (χ1v) is 10.1. The number of carbonyl (C=O) groups is 1. The highest BCUT2D eigenvalue weighted by Crippen LogP contribution is 2.38. The van der Waals surface area contributed by atoms with Crippen LogP contribution in [0.4, 0.5) is 0 Å². The highest BCUT2D eigenvalue weighted by atomic mass is 35.5. The molecule has 2 aromatic rings. The molecule has 0 saturated carbocycles. The van der Waals surface area contributed by atoms with Crippen LogP contribution in [-0.4, -0.2) is 34.1 Å². The van der Waals surface area contributed by atoms with Crippen molar-refractivity contribution in [2.45, 2.75) is 18.4 Å². The summed E-state index contributed by atoms with van der Waals surface area (Å²) in [6.07, 6.45) is 0. The first-order chi connectivity index (χ1) is 12.9. The molecular formula is C18H18ClNO6S. The molecule has 0 unspecified atom stereocenters. The van der Waals surface area contributed by atoms with Gasteiger partial charge in [0, 0.05) is 6.54 Å². The molecule has 27 heavy (non-hydrogen) atoms. The van der Waals surface area contributed by atoms with Gasteiger partial charge in [0.05, 0.1) is 15.5 Å². The van der Waals surface area contributed by atoms with Crippen LogP contribution >= 0.6 is 11.6 Å². The Labute approximate surface area is 162 Å². The van der Waals surface area contributed by atoms with Crippen LogP contribution in [0.5, 0.6) is 11.5 Å². The van der Waals surface area contributed by atoms with E-state index in [9.17, 15) is 13.2 Å². The lowest BCUT2D eigenvalue weighted by atomic mass is 10.2. The zero-order chi connectivity index (χ0) is 19.4. The Bertz CT molecular complexity index is 960. The van der Waals surface area contributed by atoms with Gasteiger partial charge in [-0.1, -0.05) is 24.6 Å². The van der Waals surface area contributed by atoms with Crippen molar-refractivity contribution in [1.29, 1.82) is 0 Å². The van der Waals surface area contributed by atoms with Gasteiger partial charge in [-0.05, 0) is 35.9 Å². The van der Waals surface area contributed by atoms with E-state index >= 15 is 0 Å². The van der Waals surface area contributed by atoms with Crippen molar-refractivity contribution in [2.24, 2.45) is 0 Å². The molecule has 1 aliphatic rings. The number of carbonyl (C=O) groups excluding carboxylic acids is 1. The molecule has 0 amide bonds. The smallest absolute Gasteiger partial charge is 0.338 e. The predicted octanol–water partition coefficient (Wildman–Crippen LogP) is 2.77. The van der Waals surface area contributed by atoms with Gasteiger partial charge in [-0.3, -0.25) is 0 Å². The summed E-state index contributed by atoms with van der Waals surface area (Å²) in [5.74, 6) is 0.326. The largest absolute Gasteiger partial charge is 0.486 e. The van der Waals surface area contributed by atoms with E-state index in [1.165, 1.54) is 24.3 Å². The second-order valence-electron chi connectivity index (χ2n) is 5.71. The van der Waals surface area contributed by atoms with Crippen molar-refractivity contribution in [1.82, 2.24) is 4.72 Å². The minimum atomic E-state index is -3.66. The average Bonchev–Trinajstić information content (AvgIpc) is 2.66. The SMILES string of the molecule is CCNS(=O)(=O)c1cccc(C(=O)OCc2cc(Cl)c3c(c2)OCCO3)c1. The number of benzene rings is 2. The number of ether oxygens (including phenoxy) is 3. The quantitative estimate of drug-likeness (QED) is 0.735. The Morgan fingerprint density at radius 1 is 1.22 bits per heavy atom. The molecule has 1 N–H and O–H groups in total. The summed E-state index contributed by atoms with van der Waals surface area (Å²) in [6, 6.07) is 8.99. The van der Waals surface area contributed by atoms with Crippen molar-refractivity contribution in [3.63, 3.8) is 0 Å². The number of hydrogen-bond donors (Lipinski definition) is 1. The summed E-state index contributed by atoms with van der Waals surface area (Å²) in [4.78, 5) is 12.3. The summed E-state index contributed by atoms with van der Waals surface area (Å²) in [6.45, 7) is 2.72. The second-order valence-corrected chi connectivity index (χ2v) is 7.88. The van der Waals surface area contributed by atoms with Crippen molar-refractivity contribution in [3.8, 4) is 11.5 Å². The van der Waals surface area contributed by atoms with Gasteiger partial charge in [-0.2, -0.15) is 0 Å². The lowest BCUT2D eigenvalue weighted by Crippen LogP contribution is -2.23. The van der Waals surface area contributed by atoms with Gasteiger partial charge >= 0.3 is 5.97 Å². The number of fused-ring (bicyclic) bond motifs is 1. The van der Waals surface area contributed by atoms with Crippen LogP contribution in [0.15, 0.2) is 41.3 Å². The predicted molar refractivity (Wildman–Crippen MR) is 98.9 cm³/mol. The fourth-order valence-electron chi connectivity index (χ4n) is 2.54. The third-order valence-electron chi connectivity index (χ3n) is 3.74. The summed E-state index contributed by atoms with van der Waals surface area (Å²) in [5.41, 5.74) is 0.770. The van der Waals surface area contributed by atoms with Gasteiger partial charge in [0.1, 0.15) is 19.8 Å². The van der Waals surface area contributed by atoms with E-state index < -0.39 is 16.0 Å². The van der Waals surface area contributed by atoms with E-state index in [-0.39, 0.29) is 23.6 Å². The second kappa shape index (κ2) is 8.16. The third kappa shape index (κ3) is 4.52. The number of rotatable bonds is 6. The maximum Gasteiger partial charge on any atom is 0.338 e.